The Morgan fingerprint density at radius 3 is 2.73 bits per heavy atom. The van der Waals surface area contributed by atoms with Gasteiger partial charge in [-0.1, -0.05) is 24.0 Å². The second-order valence-electron chi connectivity index (χ2n) is 2.95. The van der Waals surface area contributed by atoms with Crippen LogP contribution in [0.15, 0.2) is 23.4 Å². The molecule has 1 aromatic rings. The molecule has 0 amide bonds. The minimum Gasteiger partial charge on any atom is -0.398 e. The van der Waals surface area contributed by atoms with Crippen molar-refractivity contribution < 1.29 is 0 Å². The maximum absolute atomic E-state index is 5.81. The Labute approximate surface area is 100 Å². The fraction of sp³-hybridized carbons (Fsp3) is 0.400. The summed E-state index contributed by atoms with van der Waals surface area (Å²) in [5.74, 6) is 0. The number of hydrogen-bond donors (Lipinski definition) is 1. The monoisotopic (exact) mass is 241 g/mol. The van der Waals surface area contributed by atoms with Gasteiger partial charge in [0.25, 0.3) is 0 Å². The van der Waals surface area contributed by atoms with E-state index in [0.29, 0.717) is 0 Å². The molecule has 0 bridgehead atoms. The highest BCUT2D eigenvalue weighted by atomic mass is 32.2. The predicted octanol–water partition coefficient (Wildman–Crippen LogP) is 2.38. The minimum absolute atomic E-state index is 0.726. The van der Waals surface area contributed by atoms with Crippen LogP contribution >= 0.6 is 24.0 Å². The molecule has 0 saturated carbocycles. The van der Waals surface area contributed by atoms with E-state index in [1.54, 1.807) is 18.5 Å². The SMILES string of the molecule is CCN(CC)C(=S)Sc1cnccc1N. The summed E-state index contributed by atoms with van der Waals surface area (Å²) in [7, 11) is 0. The third-order valence-corrected chi connectivity index (χ3v) is 3.54. The Morgan fingerprint density at radius 1 is 1.53 bits per heavy atom. The van der Waals surface area contributed by atoms with Gasteiger partial charge >= 0.3 is 0 Å². The van der Waals surface area contributed by atoms with Gasteiger partial charge in [-0.25, -0.2) is 0 Å². The molecular weight excluding hydrogens is 226 g/mol. The zero-order valence-corrected chi connectivity index (χ0v) is 10.6. The standard InChI is InChI=1S/C10H15N3S2/c1-3-13(4-2)10(14)15-9-7-12-6-5-8(9)11/h5-7H,3-4H2,1-2H3,(H2,11,12). The Hall–Kier alpha value is -0.810. The number of pyridine rings is 1. The average molecular weight is 241 g/mol. The second-order valence-corrected chi connectivity index (χ2v) is 4.63. The molecule has 2 N–H and O–H groups in total. The van der Waals surface area contributed by atoms with Crippen molar-refractivity contribution >= 4 is 34.0 Å². The summed E-state index contributed by atoms with van der Waals surface area (Å²) in [5, 5.41) is 0. The summed E-state index contributed by atoms with van der Waals surface area (Å²) in [5.41, 5.74) is 6.54. The first-order valence-electron chi connectivity index (χ1n) is 4.85. The molecule has 0 radical (unpaired) electrons. The van der Waals surface area contributed by atoms with Crippen molar-refractivity contribution in [1.82, 2.24) is 9.88 Å². The molecule has 5 heteroatoms. The van der Waals surface area contributed by atoms with Crippen LogP contribution in [0.25, 0.3) is 0 Å². The van der Waals surface area contributed by atoms with Crippen molar-refractivity contribution in [3.05, 3.63) is 18.5 Å². The maximum atomic E-state index is 5.81. The van der Waals surface area contributed by atoms with E-state index in [2.05, 4.69) is 23.7 Å². The van der Waals surface area contributed by atoms with Crippen molar-refractivity contribution in [2.24, 2.45) is 0 Å². The normalized spacial score (nSPS) is 10.0. The predicted molar refractivity (Wildman–Crippen MR) is 70.0 cm³/mol. The number of nitrogens with two attached hydrogens (primary N) is 1. The van der Waals surface area contributed by atoms with E-state index in [-0.39, 0.29) is 0 Å². The van der Waals surface area contributed by atoms with Gasteiger partial charge < -0.3 is 10.6 Å². The fourth-order valence-electron chi connectivity index (χ4n) is 1.12. The van der Waals surface area contributed by atoms with Gasteiger partial charge in [-0.3, -0.25) is 4.98 Å². The lowest BCUT2D eigenvalue weighted by Gasteiger charge is -2.20. The molecule has 15 heavy (non-hydrogen) atoms. The smallest absolute Gasteiger partial charge is 0.141 e. The van der Waals surface area contributed by atoms with Crippen molar-refractivity contribution in [3.63, 3.8) is 0 Å². The zero-order chi connectivity index (χ0) is 11.3. The number of hydrogen-bond acceptors (Lipinski definition) is 4. The van der Waals surface area contributed by atoms with Crippen LogP contribution in [0.1, 0.15) is 13.8 Å². The first-order valence-corrected chi connectivity index (χ1v) is 6.07. The lowest BCUT2D eigenvalue weighted by Crippen LogP contribution is -2.26. The van der Waals surface area contributed by atoms with E-state index in [0.717, 1.165) is 28.0 Å². The number of nitrogen functional groups attached to an aromatic ring is 1. The van der Waals surface area contributed by atoms with Crippen molar-refractivity contribution in [2.45, 2.75) is 18.7 Å². The lowest BCUT2D eigenvalue weighted by atomic mass is 10.4. The molecule has 0 atom stereocenters. The van der Waals surface area contributed by atoms with Gasteiger partial charge in [0.2, 0.25) is 0 Å². The molecule has 3 nitrogen and oxygen atoms in total. The van der Waals surface area contributed by atoms with E-state index >= 15 is 0 Å². The summed E-state index contributed by atoms with van der Waals surface area (Å²) in [6, 6.07) is 1.78. The molecule has 0 fully saturated rings. The van der Waals surface area contributed by atoms with Gasteiger partial charge in [0.1, 0.15) is 4.32 Å². The van der Waals surface area contributed by atoms with Crippen molar-refractivity contribution in [2.75, 3.05) is 18.8 Å². The van der Waals surface area contributed by atoms with Crippen LogP contribution in [0.2, 0.25) is 0 Å². The van der Waals surface area contributed by atoms with Gasteiger partial charge in [-0.15, -0.1) is 0 Å². The maximum Gasteiger partial charge on any atom is 0.141 e. The van der Waals surface area contributed by atoms with Crippen LogP contribution in [0.4, 0.5) is 5.69 Å². The third kappa shape index (κ3) is 3.35. The summed E-state index contributed by atoms with van der Waals surface area (Å²) in [4.78, 5) is 7.07. The van der Waals surface area contributed by atoms with Gasteiger partial charge in [-0.05, 0) is 19.9 Å². The topological polar surface area (TPSA) is 42.2 Å². The summed E-state index contributed by atoms with van der Waals surface area (Å²) in [6.07, 6.45) is 3.43. The Morgan fingerprint density at radius 2 is 2.20 bits per heavy atom. The Balaban J connectivity index is 2.70. The highest BCUT2D eigenvalue weighted by Crippen LogP contribution is 2.26. The lowest BCUT2D eigenvalue weighted by molar-refractivity contribution is 0.482. The molecule has 1 aromatic heterocycles. The largest absolute Gasteiger partial charge is 0.398 e. The molecule has 0 spiro atoms. The highest BCUT2D eigenvalue weighted by Gasteiger charge is 2.08. The number of thiocarbonyl (C=S) groups is 1. The van der Waals surface area contributed by atoms with E-state index in [1.807, 2.05) is 0 Å². The van der Waals surface area contributed by atoms with Gasteiger partial charge in [-0.2, -0.15) is 0 Å². The number of nitrogens with zero attached hydrogens (tertiary/aromatic N) is 2. The quantitative estimate of drug-likeness (QED) is 0.650. The molecule has 0 aliphatic rings. The Bertz CT molecular complexity index is 337. The van der Waals surface area contributed by atoms with Crippen LogP contribution < -0.4 is 5.73 Å². The molecule has 0 saturated heterocycles. The van der Waals surface area contributed by atoms with Crippen LogP contribution in [-0.2, 0) is 0 Å². The summed E-state index contributed by atoms with van der Waals surface area (Å²) >= 11 is 6.82. The van der Waals surface area contributed by atoms with Crippen LogP contribution in [0, 0.1) is 0 Å². The number of aromatic nitrogens is 1. The molecular formula is C10H15N3S2. The molecule has 0 aliphatic carbocycles. The van der Waals surface area contributed by atoms with Gasteiger partial charge in [0.15, 0.2) is 0 Å². The molecule has 82 valence electrons. The average Bonchev–Trinajstić information content (AvgIpc) is 2.23. The summed E-state index contributed by atoms with van der Waals surface area (Å²) < 4.78 is 0.847. The van der Waals surface area contributed by atoms with Gasteiger partial charge in [0.05, 0.1) is 4.90 Å². The molecule has 0 unspecified atom stereocenters. The third-order valence-electron chi connectivity index (χ3n) is 2.04. The van der Waals surface area contributed by atoms with Gasteiger partial charge in [0, 0.05) is 31.2 Å². The number of rotatable bonds is 3. The van der Waals surface area contributed by atoms with E-state index in [4.69, 9.17) is 18.0 Å². The zero-order valence-electron chi connectivity index (χ0n) is 8.93. The Kier molecular flexibility index (Phi) is 4.84. The van der Waals surface area contributed by atoms with Crippen molar-refractivity contribution in [1.29, 1.82) is 0 Å². The van der Waals surface area contributed by atoms with E-state index in [9.17, 15) is 0 Å². The first kappa shape index (κ1) is 12.3. The van der Waals surface area contributed by atoms with Crippen LogP contribution in [-0.4, -0.2) is 27.3 Å². The molecule has 1 heterocycles. The van der Waals surface area contributed by atoms with Crippen LogP contribution in [0.3, 0.4) is 0 Å². The molecule has 1 rings (SSSR count). The fourth-order valence-corrected chi connectivity index (χ4v) is 2.52. The van der Waals surface area contributed by atoms with Crippen LogP contribution in [0.5, 0.6) is 0 Å². The molecule has 0 aromatic carbocycles. The van der Waals surface area contributed by atoms with E-state index < -0.39 is 0 Å². The summed E-state index contributed by atoms with van der Waals surface area (Å²) in [6.45, 7) is 6.01. The highest BCUT2D eigenvalue weighted by molar-refractivity contribution is 8.23. The van der Waals surface area contributed by atoms with Crippen molar-refractivity contribution in [3.8, 4) is 0 Å². The number of thioether (sulfide) groups is 1. The molecule has 0 aliphatic heterocycles. The number of anilines is 1. The second kappa shape index (κ2) is 5.92. The first-order chi connectivity index (χ1) is 7.19. The minimum atomic E-state index is 0.726. The van der Waals surface area contributed by atoms with E-state index in [1.165, 1.54) is 11.8 Å².